The van der Waals surface area contributed by atoms with Crippen molar-refractivity contribution in [3.05, 3.63) is 0 Å². The molecule has 0 saturated heterocycles. The second kappa shape index (κ2) is 16.4. The standard InChI is InChI=1S/C24H47O4P/c1-4-7-8-9-10-11-12-16-19-29(26,28-6-3)21-23(24(25)27-5-2)20-22-17-14-13-15-18-22/h22-23H,4-21H2,1-3H3. The zero-order valence-electron chi connectivity index (χ0n) is 19.5. The van der Waals surface area contributed by atoms with Crippen LogP contribution in [0.1, 0.15) is 111 Å². The average molecular weight is 431 g/mol. The Kier molecular flexibility index (Phi) is 15.1. The van der Waals surface area contributed by atoms with E-state index in [4.69, 9.17) is 9.26 Å². The van der Waals surface area contributed by atoms with E-state index in [-0.39, 0.29) is 11.9 Å². The topological polar surface area (TPSA) is 52.6 Å². The Morgan fingerprint density at radius 1 is 0.897 bits per heavy atom. The van der Waals surface area contributed by atoms with Gasteiger partial charge < -0.3 is 9.26 Å². The molecule has 1 aliphatic carbocycles. The van der Waals surface area contributed by atoms with Crippen LogP contribution in [0.5, 0.6) is 0 Å². The molecule has 0 aromatic heterocycles. The van der Waals surface area contributed by atoms with Crippen molar-refractivity contribution in [3.8, 4) is 0 Å². The lowest BCUT2D eigenvalue weighted by Gasteiger charge is -2.28. The first-order valence-corrected chi connectivity index (χ1v) is 14.4. The Balaban J connectivity index is 2.53. The molecule has 1 aliphatic rings. The van der Waals surface area contributed by atoms with Crippen molar-refractivity contribution in [2.24, 2.45) is 11.8 Å². The molecular formula is C24H47O4P. The van der Waals surface area contributed by atoms with Crippen molar-refractivity contribution in [2.75, 3.05) is 25.5 Å². The first-order valence-electron chi connectivity index (χ1n) is 12.4. The van der Waals surface area contributed by atoms with Crippen LogP contribution in [-0.4, -0.2) is 31.5 Å². The van der Waals surface area contributed by atoms with Crippen molar-refractivity contribution >= 4 is 13.3 Å². The van der Waals surface area contributed by atoms with E-state index in [1.165, 1.54) is 70.6 Å². The first kappa shape index (κ1) is 26.7. The summed E-state index contributed by atoms with van der Waals surface area (Å²) in [5.74, 6) is 0.120. The monoisotopic (exact) mass is 430 g/mol. The largest absolute Gasteiger partial charge is 0.466 e. The van der Waals surface area contributed by atoms with Crippen LogP contribution >= 0.6 is 7.37 Å². The van der Waals surface area contributed by atoms with Gasteiger partial charge in [0.05, 0.1) is 19.1 Å². The van der Waals surface area contributed by atoms with Crippen LogP contribution in [0.3, 0.4) is 0 Å². The highest BCUT2D eigenvalue weighted by Gasteiger charge is 2.33. The van der Waals surface area contributed by atoms with E-state index in [1.54, 1.807) is 0 Å². The molecule has 0 heterocycles. The van der Waals surface area contributed by atoms with Crippen LogP contribution in [-0.2, 0) is 18.6 Å². The number of hydrogen-bond donors (Lipinski definition) is 0. The number of carbonyl (C=O) groups excluding carboxylic acids is 1. The first-order chi connectivity index (χ1) is 14.0. The minimum Gasteiger partial charge on any atom is -0.466 e. The number of carbonyl (C=O) groups is 1. The maximum absolute atomic E-state index is 13.5. The van der Waals surface area contributed by atoms with Gasteiger partial charge in [0, 0.05) is 12.3 Å². The Morgan fingerprint density at radius 2 is 1.52 bits per heavy atom. The van der Waals surface area contributed by atoms with E-state index in [2.05, 4.69) is 6.92 Å². The second-order valence-corrected chi connectivity index (χ2v) is 11.5. The van der Waals surface area contributed by atoms with E-state index in [0.29, 0.717) is 31.5 Å². The highest BCUT2D eigenvalue weighted by Crippen LogP contribution is 2.50. The smallest absolute Gasteiger partial charge is 0.309 e. The van der Waals surface area contributed by atoms with Crippen LogP contribution < -0.4 is 0 Å². The molecule has 2 atom stereocenters. The van der Waals surface area contributed by atoms with Crippen LogP contribution in [0.15, 0.2) is 0 Å². The van der Waals surface area contributed by atoms with Gasteiger partial charge in [-0.3, -0.25) is 9.36 Å². The van der Waals surface area contributed by atoms with Gasteiger partial charge in [0.15, 0.2) is 0 Å². The molecule has 29 heavy (non-hydrogen) atoms. The molecule has 0 N–H and O–H groups in total. The second-order valence-electron chi connectivity index (χ2n) is 8.80. The lowest BCUT2D eigenvalue weighted by molar-refractivity contribution is -0.148. The Bertz CT molecular complexity index is 460. The minimum absolute atomic E-state index is 0.172. The summed E-state index contributed by atoms with van der Waals surface area (Å²) in [5.41, 5.74) is 0. The molecular weight excluding hydrogens is 383 g/mol. The molecule has 2 unspecified atom stereocenters. The zero-order chi connectivity index (χ0) is 21.4. The predicted molar refractivity (Wildman–Crippen MR) is 123 cm³/mol. The fraction of sp³-hybridized carbons (Fsp3) is 0.958. The molecule has 0 aromatic rings. The van der Waals surface area contributed by atoms with Crippen LogP contribution in [0, 0.1) is 11.8 Å². The zero-order valence-corrected chi connectivity index (χ0v) is 20.4. The Hall–Kier alpha value is -0.340. The maximum atomic E-state index is 13.5. The molecule has 0 radical (unpaired) electrons. The van der Waals surface area contributed by atoms with E-state index < -0.39 is 7.37 Å². The van der Waals surface area contributed by atoms with Crippen molar-refractivity contribution in [1.82, 2.24) is 0 Å². The summed E-state index contributed by atoms with van der Waals surface area (Å²) >= 11 is 0. The van der Waals surface area contributed by atoms with Gasteiger partial charge in [-0.1, -0.05) is 84.0 Å². The number of rotatable bonds is 17. The third-order valence-electron chi connectivity index (χ3n) is 6.18. The fourth-order valence-electron chi connectivity index (χ4n) is 4.60. The quantitative estimate of drug-likeness (QED) is 0.135. The Morgan fingerprint density at radius 3 is 2.10 bits per heavy atom. The van der Waals surface area contributed by atoms with Crippen LogP contribution in [0.2, 0.25) is 0 Å². The third-order valence-corrected chi connectivity index (χ3v) is 8.90. The predicted octanol–water partition coefficient (Wildman–Crippen LogP) is 7.59. The summed E-state index contributed by atoms with van der Waals surface area (Å²) in [5, 5.41) is 0. The number of esters is 1. The summed E-state index contributed by atoms with van der Waals surface area (Å²) in [6.45, 7) is 6.83. The van der Waals surface area contributed by atoms with Crippen LogP contribution in [0.4, 0.5) is 0 Å². The summed E-state index contributed by atoms with van der Waals surface area (Å²) in [6.07, 6.45) is 17.7. The number of hydrogen-bond acceptors (Lipinski definition) is 4. The molecule has 5 heteroatoms. The lowest BCUT2D eigenvalue weighted by Crippen LogP contribution is -2.26. The molecule has 0 spiro atoms. The molecule has 1 saturated carbocycles. The van der Waals surface area contributed by atoms with Gasteiger partial charge in [0.2, 0.25) is 7.37 Å². The van der Waals surface area contributed by atoms with E-state index in [9.17, 15) is 9.36 Å². The summed E-state index contributed by atoms with van der Waals surface area (Å²) in [7, 11) is -2.79. The molecule has 0 amide bonds. The molecule has 0 aliphatic heterocycles. The van der Waals surface area contributed by atoms with Gasteiger partial charge in [-0.05, 0) is 32.6 Å². The van der Waals surface area contributed by atoms with Crippen molar-refractivity contribution in [2.45, 2.75) is 111 Å². The molecule has 0 aromatic carbocycles. The average Bonchev–Trinajstić information content (AvgIpc) is 2.71. The van der Waals surface area contributed by atoms with E-state index in [0.717, 1.165) is 19.3 Å². The lowest BCUT2D eigenvalue weighted by atomic mass is 9.83. The summed E-state index contributed by atoms with van der Waals surface area (Å²) < 4.78 is 24.6. The van der Waals surface area contributed by atoms with Gasteiger partial charge in [-0.25, -0.2) is 0 Å². The minimum atomic E-state index is -2.79. The third kappa shape index (κ3) is 12.2. The van der Waals surface area contributed by atoms with Gasteiger partial charge in [0.1, 0.15) is 0 Å². The summed E-state index contributed by atoms with van der Waals surface area (Å²) in [6, 6.07) is 0. The summed E-state index contributed by atoms with van der Waals surface area (Å²) in [4.78, 5) is 12.6. The normalized spacial score (nSPS) is 18.3. The molecule has 1 rings (SSSR count). The molecule has 1 fully saturated rings. The van der Waals surface area contributed by atoms with E-state index >= 15 is 0 Å². The maximum Gasteiger partial charge on any atom is 0.309 e. The van der Waals surface area contributed by atoms with Crippen molar-refractivity contribution in [3.63, 3.8) is 0 Å². The van der Waals surface area contributed by atoms with Crippen molar-refractivity contribution < 1.29 is 18.6 Å². The van der Waals surface area contributed by atoms with Gasteiger partial charge in [-0.2, -0.15) is 0 Å². The molecule has 0 bridgehead atoms. The Labute approximate surface area is 180 Å². The number of unbranched alkanes of at least 4 members (excludes halogenated alkanes) is 7. The van der Waals surface area contributed by atoms with Gasteiger partial charge >= 0.3 is 5.97 Å². The number of ether oxygens (including phenoxy) is 1. The van der Waals surface area contributed by atoms with E-state index in [1.807, 2.05) is 13.8 Å². The van der Waals surface area contributed by atoms with Gasteiger partial charge in [0.25, 0.3) is 0 Å². The highest BCUT2D eigenvalue weighted by molar-refractivity contribution is 7.59. The van der Waals surface area contributed by atoms with Gasteiger partial charge in [-0.15, -0.1) is 0 Å². The fourth-order valence-corrected chi connectivity index (χ4v) is 7.16. The molecule has 172 valence electrons. The molecule has 4 nitrogen and oxygen atoms in total. The van der Waals surface area contributed by atoms with Crippen LogP contribution in [0.25, 0.3) is 0 Å². The SMILES string of the molecule is CCCCCCCCCCP(=O)(CC(CC1CCCCC1)C(=O)OCC)OCC. The van der Waals surface area contributed by atoms with Crippen molar-refractivity contribution in [1.29, 1.82) is 0 Å². The highest BCUT2D eigenvalue weighted by atomic mass is 31.2.